The van der Waals surface area contributed by atoms with Crippen LogP contribution in [0.2, 0.25) is 5.02 Å². The molecule has 0 aliphatic rings. The molecule has 6 heteroatoms. The van der Waals surface area contributed by atoms with E-state index in [1.165, 1.54) is 16.7 Å². The van der Waals surface area contributed by atoms with Crippen molar-refractivity contribution in [2.75, 3.05) is 10.6 Å². The number of anilines is 4. The number of benzene rings is 3. The van der Waals surface area contributed by atoms with Gasteiger partial charge in [-0.25, -0.2) is 0 Å². The van der Waals surface area contributed by atoms with Crippen LogP contribution >= 0.6 is 11.6 Å². The van der Waals surface area contributed by atoms with Crippen molar-refractivity contribution in [2.24, 2.45) is 0 Å². The predicted molar refractivity (Wildman–Crippen MR) is 132 cm³/mol. The molecule has 2 N–H and O–H groups in total. The van der Waals surface area contributed by atoms with Gasteiger partial charge in [-0.15, -0.1) is 0 Å². The summed E-state index contributed by atoms with van der Waals surface area (Å²) >= 11 is 6.01. The molecule has 4 rings (SSSR count). The Balaban J connectivity index is 1.53. The molecule has 1 heterocycles. The zero-order valence-electron chi connectivity index (χ0n) is 18.3. The summed E-state index contributed by atoms with van der Waals surface area (Å²) in [5.41, 5.74) is 5.59. The summed E-state index contributed by atoms with van der Waals surface area (Å²) in [6.07, 6.45) is 2.69. The second kappa shape index (κ2) is 10.2. The quantitative estimate of drug-likeness (QED) is 0.313. The fraction of sp³-hybridized carbons (Fsp3) is 0.192. The van der Waals surface area contributed by atoms with Gasteiger partial charge in [0.1, 0.15) is 5.82 Å². The van der Waals surface area contributed by atoms with Gasteiger partial charge < -0.3 is 10.6 Å². The fourth-order valence-corrected chi connectivity index (χ4v) is 3.60. The van der Waals surface area contributed by atoms with E-state index < -0.39 is 0 Å². The van der Waals surface area contributed by atoms with E-state index in [4.69, 9.17) is 11.6 Å². The van der Waals surface area contributed by atoms with Gasteiger partial charge in [0.05, 0.1) is 0 Å². The molecule has 0 saturated carbocycles. The largest absolute Gasteiger partial charge is 0.324 e. The average Bonchev–Trinajstić information content (AvgIpc) is 2.75. The standard InChI is InChI=1S/C26H26ClN5/c1-18-6-3-8-20(16-18)9-5-11-24-30-25(28-22-14-12-21(27)13-15-22)32-26(31-24)29-23-10-4-7-19(2)17-23/h3-4,6-8,10,12-17H,5,9,11H2,1-2H3,(H2,28,29,30,31,32). The summed E-state index contributed by atoms with van der Waals surface area (Å²) in [4.78, 5) is 13.9. The number of hydrogen-bond acceptors (Lipinski definition) is 5. The first kappa shape index (κ1) is 21.8. The Bertz CT molecular complexity index is 1190. The highest BCUT2D eigenvalue weighted by Crippen LogP contribution is 2.20. The molecule has 1 aromatic heterocycles. The van der Waals surface area contributed by atoms with Gasteiger partial charge in [0, 0.05) is 22.8 Å². The van der Waals surface area contributed by atoms with Crippen molar-refractivity contribution in [1.82, 2.24) is 15.0 Å². The molecule has 0 aliphatic heterocycles. The Labute approximate surface area is 193 Å². The molecule has 3 aromatic carbocycles. The van der Waals surface area contributed by atoms with Crippen LogP contribution in [0, 0.1) is 13.8 Å². The minimum atomic E-state index is 0.503. The average molecular weight is 444 g/mol. The first-order valence-corrected chi connectivity index (χ1v) is 11.1. The normalized spacial score (nSPS) is 10.7. The Morgan fingerprint density at radius 1 is 0.688 bits per heavy atom. The minimum absolute atomic E-state index is 0.503. The summed E-state index contributed by atoms with van der Waals surface area (Å²) in [6.45, 7) is 4.18. The van der Waals surface area contributed by atoms with Gasteiger partial charge in [0.15, 0.2) is 0 Å². The minimum Gasteiger partial charge on any atom is -0.324 e. The van der Waals surface area contributed by atoms with Crippen molar-refractivity contribution in [1.29, 1.82) is 0 Å². The molecule has 0 spiro atoms. The lowest BCUT2D eigenvalue weighted by atomic mass is 10.1. The Kier molecular flexibility index (Phi) is 6.97. The molecule has 0 fully saturated rings. The number of rotatable bonds is 8. The lowest BCUT2D eigenvalue weighted by molar-refractivity contribution is 0.765. The van der Waals surface area contributed by atoms with Gasteiger partial charge in [-0.1, -0.05) is 53.6 Å². The summed E-state index contributed by atoms with van der Waals surface area (Å²) < 4.78 is 0. The van der Waals surface area contributed by atoms with Crippen LogP contribution in [-0.4, -0.2) is 15.0 Å². The summed E-state index contributed by atoms with van der Waals surface area (Å²) in [5, 5.41) is 7.26. The van der Waals surface area contributed by atoms with Crippen molar-refractivity contribution < 1.29 is 0 Å². The van der Waals surface area contributed by atoms with Crippen LogP contribution in [0.5, 0.6) is 0 Å². The van der Waals surface area contributed by atoms with Gasteiger partial charge in [-0.2, -0.15) is 15.0 Å². The third-order valence-electron chi connectivity index (χ3n) is 5.00. The molecular formula is C26H26ClN5. The number of aromatic nitrogens is 3. The Morgan fingerprint density at radius 2 is 1.34 bits per heavy atom. The van der Waals surface area contributed by atoms with Crippen LogP contribution < -0.4 is 10.6 Å². The topological polar surface area (TPSA) is 62.7 Å². The molecule has 0 unspecified atom stereocenters. The summed E-state index contributed by atoms with van der Waals surface area (Å²) in [5.74, 6) is 1.77. The van der Waals surface area contributed by atoms with Crippen molar-refractivity contribution in [3.8, 4) is 0 Å². The number of aryl methyl sites for hydroxylation is 4. The van der Waals surface area contributed by atoms with Crippen LogP contribution in [0.15, 0.2) is 72.8 Å². The van der Waals surface area contributed by atoms with Crippen molar-refractivity contribution >= 4 is 34.9 Å². The Hall–Kier alpha value is -3.44. The lowest BCUT2D eigenvalue weighted by Crippen LogP contribution is -2.08. The van der Waals surface area contributed by atoms with E-state index in [1.807, 2.05) is 36.4 Å². The third-order valence-corrected chi connectivity index (χ3v) is 5.26. The van der Waals surface area contributed by atoms with E-state index in [0.29, 0.717) is 16.9 Å². The molecule has 162 valence electrons. The zero-order chi connectivity index (χ0) is 22.3. The Morgan fingerprint density at radius 3 is 2.03 bits per heavy atom. The van der Waals surface area contributed by atoms with Gasteiger partial charge >= 0.3 is 0 Å². The van der Waals surface area contributed by atoms with Crippen molar-refractivity contribution in [3.05, 3.63) is 100 Å². The second-order valence-corrected chi connectivity index (χ2v) is 8.30. The van der Waals surface area contributed by atoms with Gasteiger partial charge in [0.25, 0.3) is 0 Å². The number of nitrogens with one attached hydrogen (secondary N) is 2. The van der Waals surface area contributed by atoms with Crippen molar-refractivity contribution in [2.45, 2.75) is 33.1 Å². The van der Waals surface area contributed by atoms with E-state index in [1.54, 1.807) is 0 Å². The smallest absolute Gasteiger partial charge is 0.232 e. The molecule has 0 saturated heterocycles. The summed E-state index contributed by atoms with van der Waals surface area (Å²) in [6, 6.07) is 24.2. The van der Waals surface area contributed by atoms with Crippen LogP contribution in [0.4, 0.5) is 23.3 Å². The molecule has 32 heavy (non-hydrogen) atoms. The molecule has 0 amide bonds. The first-order chi connectivity index (χ1) is 15.5. The van der Waals surface area contributed by atoms with E-state index in [9.17, 15) is 0 Å². The molecule has 0 aliphatic carbocycles. The van der Waals surface area contributed by atoms with Crippen LogP contribution in [-0.2, 0) is 12.8 Å². The monoisotopic (exact) mass is 443 g/mol. The van der Waals surface area contributed by atoms with Crippen LogP contribution in [0.1, 0.15) is 28.9 Å². The highest BCUT2D eigenvalue weighted by molar-refractivity contribution is 6.30. The number of halogens is 1. The van der Waals surface area contributed by atoms with Crippen LogP contribution in [0.25, 0.3) is 0 Å². The lowest BCUT2D eigenvalue weighted by Gasteiger charge is -2.11. The van der Waals surface area contributed by atoms with E-state index in [-0.39, 0.29) is 0 Å². The van der Waals surface area contributed by atoms with E-state index in [2.05, 4.69) is 75.8 Å². The molecular weight excluding hydrogens is 418 g/mol. The first-order valence-electron chi connectivity index (χ1n) is 10.7. The number of nitrogens with zero attached hydrogens (tertiary/aromatic N) is 3. The summed E-state index contributed by atoms with van der Waals surface area (Å²) in [7, 11) is 0. The van der Waals surface area contributed by atoms with Crippen LogP contribution in [0.3, 0.4) is 0 Å². The maximum atomic E-state index is 6.01. The second-order valence-electron chi connectivity index (χ2n) is 7.87. The third kappa shape index (κ3) is 6.28. The fourth-order valence-electron chi connectivity index (χ4n) is 3.48. The SMILES string of the molecule is Cc1cccc(CCCc2nc(Nc3ccc(Cl)cc3)nc(Nc3cccc(C)c3)n2)c1. The van der Waals surface area contributed by atoms with E-state index >= 15 is 0 Å². The molecule has 5 nitrogen and oxygen atoms in total. The molecule has 0 bridgehead atoms. The molecule has 0 atom stereocenters. The maximum Gasteiger partial charge on any atom is 0.232 e. The highest BCUT2D eigenvalue weighted by Gasteiger charge is 2.09. The number of hydrogen-bond donors (Lipinski definition) is 2. The maximum absolute atomic E-state index is 6.01. The van der Waals surface area contributed by atoms with Gasteiger partial charge in [0.2, 0.25) is 11.9 Å². The predicted octanol–water partition coefficient (Wildman–Crippen LogP) is 6.80. The van der Waals surface area contributed by atoms with Gasteiger partial charge in [-0.05, 0) is 74.2 Å². The molecule has 4 aromatic rings. The zero-order valence-corrected chi connectivity index (χ0v) is 19.0. The molecule has 0 radical (unpaired) electrons. The van der Waals surface area contributed by atoms with Crippen molar-refractivity contribution in [3.63, 3.8) is 0 Å². The van der Waals surface area contributed by atoms with Gasteiger partial charge in [-0.3, -0.25) is 0 Å². The van der Waals surface area contributed by atoms with E-state index in [0.717, 1.165) is 36.5 Å². The highest BCUT2D eigenvalue weighted by atomic mass is 35.5.